The Hall–Kier alpha value is -0.820. The maximum absolute atomic E-state index is 4.06. The van der Waals surface area contributed by atoms with Crippen molar-refractivity contribution >= 4 is 0 Å². The van der Waals surface area contributed by atoms with Gasteiger partial charge in [-0.2, -0.15) is 0 Å². The third-order valence-corrected chi connectivity index (χ3v) is 6.17. The molecule has 1 saturated heterocycles. The number of hydrogen-bond acceptors (Lipinski definition) is 1. The molecule has 1 aromatic carbocycles. The monoisotopic (exact) mass is 269 g/mol. The lowest BCUT2D eigenvalue weighted by molar-refractivity contribution is 0.0679. The molecule has 20 heavy (non-hydrogen) atoms. The van der Waals surface area contributed by atoms with Crippen LogP contribution in [0.25, 0.3) is 0 Å². The number of piperidine rings is 1. The van der Waals surface area contributed by atoms with Crippen LogP contribution in [0.2, 0.25) is 0 Å². The second kappa shape index (κ2) is 5.52. The highest BCUT2D eigenvalue weighted by Crippen LogP contribution is 2.49. The van der Waals surface area contributed by atoms with Crippen molar-refractivity contribution in [2.75, 3.05) is 0 Å². The van der Waals surface area contributed by atoms with Gasteiger partial charge in [0.25, 0.3) is 0 Å². The average molecular weight is 269 g/mol. The maximum atomic E-state index is 4.06. The smallest absolute Gasteiger partial charge is 0.0104 e. The molecule has 4 unspecified atom stereocenters. The molecule has 1 aromatic rings. The average Bonchev–Trinajstić information content (AvgIpc) is 2.53. The zero-order valence-corrected chi connectivity index (χ0v) is 12.4. The quantitative estimate of drug-likeness (QED) is 0.792. The van der Waals surface area contributed by atoms with Gasteiger partial charge in [-0.1, -0.05) is 56.0 Å². The van der Waals surface area contributed by atoms with E-state index in [1.54, 1.807) is 5.56 Å². The topological polar surface area (TPSA) is 12.0 Å². The first-order chi connectivity index (χ1) is 9.93. The molecule has 0 radical (unpaired) electrons. The Morgan fingerprint density at radius 1 is 0.700 bits per heavy atom. The van der Waals surface area contributed by atoms with Gasteiger partial charge < -0.3 is 5.32 Å². The van der Waals surface area contributed by atoms with Crippen molar-refractivity contribution in [1.29, 1.82) is 0 Å². The normalized spacial score (nSPS) is 40.7. The lowest BCUT2D eigenvalue weighted by Gasteiger charge is -2.52. The number of benzene rings is 1. The van der Waals surface area contributed by atoms with Gasteiger partial charge in [-0.25, -0.2) is 0 Å². The van der Waals surface area contributed by atoms with Crippen LogP contribution < -0.4 is 5.32 Å². The van der Waals surface area contributed by atoms with E-state index in [1.807, 2.05) is 0 Å². The van der Waals surface area contributed by atoms with Gasteiger partial charge in [0.2, 0.25) is 0 Å². The number of hydrogen-bond donors (Lipinski definition) is 1. The molecule has 3 aliphatic rings. The third-order valence-electron chi connectivity index (χ3n) is 6.17. The molecule has 2 saturated carbocycles. The van der Waals surface area contributed by atoms with Crippen LogP contribution in [0.4, 0.5) is 0 Å². The largest absolute Gasteiger partial charge is 0.311 e. The van der Waals surface area contributed by atoms with Crippen LogP contribution in [-0.4, -0.2) is 12.1 Å². The Bertz CT molecular complexity index is 418. The molecule has 108 valence electrons. The lowest BCUT2D eigenvalue weighted by atomic mass is 9.61. The van der Waals surface area contributed by atoms with E-state index in [0.29, 0.717) is 0 Å². The van der Waals surface area contributed by atoms with Crippen LogP contribution >= 0.6 is 0 Å². The van der Waals surface area contributed by atoms with Crippen LogP contribution in [0.5, 0.6) is 0 Å². The summed E-state index contributed by atoms with van der Waals surface area (Å²) in [7, 11) is 0. The zero-order chi connectivity index (χ0) is 13.4. The molecule has 4 atom stereocenters. The predicted molar refractivity (Wildman–Crippen MR) is 83.8 cm³/mol. The molecule has 1 heterocycles. The second-order valence-corrected chi connectivity index (χ2v) is 7.21. The molecule has 0 aromatic heterocycles. The van der Waals surface area contributed by atoms with Crippen LogP contribution in [-0.2, 0) is 0 Å². The fourth-order valence-corrected chi connectivity index (χ4v) is 5.35. The van der Waals surface area contributed by atoms with Crippen molar-refractivity contribution in [3.8, 4) is 0 Å². The SMILES string of the molecule is c1ccc(C2C3CCCCC3NC3CCCCC32)cc1. The number of fused-ring (bicyclic) bond motifs is 2. The minimum absolute atomic E-state index is 0.799. The van der Waals surface area contributed by atoms with E-state index in [4.69, 9.17) is 0 Å². The summed E-state index contributed by atoms with van der Waals surface area (Å²) in [6, 6.07) is 13.0. The van der Waals surface area contributed by atoms with Crippen molar-refractivity contribution in [1.82, 2.24) is 5.32 Å². The molecule has 1 nitrogen and oxygen atoms in total. The Morgan fingerprint density at radius 2 is 1.25 bits per heavy atom. The summed E-state index contributed by atoms with van der Waals surface area (Å²) < 4.78 is 0. The minimum Gasteiger partial charge on any atom is -0.311 e. The van der Waals surface area contributed by atoms with Gasteiger partial charge in [0.1, 0.15) is 0 Å². The molecular formula is C19H27N. The van der Waals surface area contributed by atoms with Gasteiger partial charge >= 0.3 is 0 Å². The van der Waals surface area contributed by atoms with Crippen LogP contribution in [0.1, 0.15) is 62.8 Å². The summed E-state index contributed by atoms with van der Waals surface area (Å²) in [5.74, 6) is 2.61. The first-order valence-corrected chi connectivity index (χ1v) is 8.74. The van der Waals surface area contributed by atoms with Gasteiger partial charge in [0, 0.05) is 12.1 Å². The van der Waals surface area contributed by atoms with E-state index in [2.05, 4.69) is 35.6 Å². The van der Waals surface area contributed by atoms with Crippen LogP contribution in [0, 0.1) is 11.8 Å². The van der Waals surface area contributed by atoms with E-state index < -0.39 is 0 Å². The molecule has 3 fully saturated rings. The van der Waals surface area contributed by atoms with Crippen molar-refractivity contribution in [2.45, 2.75) is 69.4 Å². The maximum Gasteiger partial charge on any atom is 0.0104 e. The van der Waals surface area contributed by atoms with Crippen molar-refractivity contribution in [2.24, 2.45) is 11.8 Å². The molecular weight excluding hydrogens is 242 g/mol. The summed E-state index contributed by atoms with van der Waals surface area (Å²) in [6.07, 6.45) is 11.5. The van der Waals surface area contributed by atoms with Crippen LogP contribution in [0.3, 0.4) is 0 Å². The number of nitrogens with one attached hydrogen (secondary N) is 1. The highest BCUT2D eigenvalue weighted by molar-refractivity contribution is 5.24. The summed E-state index contributed by atoms with van der Waals surface area (Å²) in [5, 5.41) is 4.06. The Labute approximate surface area is 123 Å². The highest BCUT2D eigenvalue weighted by atomic mass is 15.0. The van der Waals surface area contributed by atoms with E-state index in [9.17, 15) is 0 Å². The fraction of sp³-hybridized carbons (Fsp3) is 0.684. The summed E-state index contributed by atoms with van der Waals surface area (Å²) in [6.45, 7) is 0. The molecule has 2 aliphatic carbocycles. The third kappa shape index (κ3) is 2.20. The molecule has 0 bridgehead atoms. The van der Waals surface area contributed by atoms with E-state index >= 15 is 0 Å². The highest BCUT2D eigenvalue weighted by Gasteiger charge is 2.45. The van der Waals surface area contributed by atoms with Crippen molar-refractivity contribution in [3.63, 3.8) is 0 Å². The van der Waals surface area contributed by atoms with E-state index in [-0.39, 0.29) is 0 Å². The molecule has 1 aliphatic heterocycles. The Morgan fingerprint density at radius 3 is 1.85 bits per heavy atom. The van der Waals surface area contributed by atoms with Gasteiger partial charge in [0.15, 0.2) is 0 Å². The Balaban J connectivity index is 1.69. The van der Waals surface area contributed by atoms with Crippen LogP contribution in [0.15, 0.2) is 30.3 Å². The number of rotatable bonds is 1. The summed E-state index contributed by atoms with van der Waals surface area (Å²) in [5.41, 5.74) is 1.63. The van der Waals surface area contributed by atoms with E-state index in [0.717, 1.165) is 29.8 Å². The van der Waals surface area contributed by atoms with Gasteiger partial charge in [-0.05, 0) is 49.0 Å². The first kappa shape index (κ1) is 12.9. The molecule has 0 amide bonds. The summed E-state index contributed by atoms with van der Waals surface area (Å²) in [4.78, 5) is 0. The lowest BCUT2D eigenvalue weighted by Crippen LogP contribution is -2.57. The standard InChI is InChI=1S/C19H27N/c1-2-8-14(9-3-1)19-15-10-4-6-12-17(15)20-18-13-7-5-11-16(18)19/h1-3,8-9,15-20H,4-7,10-13H2. The fourth-order valence-electron chi connectivity index (χ4n) is 5.35. The second-order valence-electron chi connectivity index (χ2n) is 7.21. The van der Waals surface area contributed by atoms with Gasteiger partial charge in [-0.15, -0.1) is 0 Å². The first-order valence-electron chi connectivity index (χ1n) is 8.74. The van der Waals surface area contributed by atoms with Gasteiger partial charge in [0.05, 0.1) is 0 Å². The minimum atomic E-state index is 0.799. The molecule has 4 rings (SSSR count). The van der Waals surface area contributed by atoms with Crippen molar-refractivity contribution in [3.05, 3.63) is 35.9 Å². The molecule has 1 heteroatoms. The summed E-state index contributed by atoms with van der Waals surface area (Å²) >= 11 is 0. The predicted octanol–water partition coefficient (Wildman–Crippen LogP) is 4.49. The zero-order valence-electron chi connectivity index (χ0n) is 12.4. The molecule has 0 spiro atoms. The van der Waals surface area contributed by atoms with E-state index in [1.165, 1.54) is 51.4 Å². The van der Waals surface area contributed by atoms with Gasteiger partial charge in [-0.3, -0.25) is 0 Å². The molecule has 1 N–H and O–H groups in total. The van der Waals surface area contributed by atoms with Crippen molar-refractivity contribution < 1.29 is 0 Å². The Kier molecular flexibility index (Phi) is 3.56.